The second-order valence-corrected chi connectivity index (χ2v) is 27.8. The number of anilines is 10. The first-order valence-electron chi connectivity index (χ1n) is 25.6. The fourth-order valence-electron chi connectivity index (χ4n) is 9.62. The number of hydrogen-bond acceptors (Lipinski definition) is 30. The van der Waals surface area contributed by atoms with Gasteiger partial charge < -0.3 is 42.9 Å². The van der Waals surface area contributed by atoms with Crippen molar-refractivity contribution in [3.8, 4) is 11.5 Å². The molecule has 0 atom stereocenters. The fraction of sp³-hybridized carbons (Fsp3) is 0. The highest BCUT2D eigenvalue weighted by Gasteiger charge is 2.29. The van der Waals surface area contributed by atoms with E-state index >= 15 is 0 Å². The molecule has 0 saturated carbocycles. The topological polar surface area (TPSA) is 594 Å². The molecule has 0 aliphatic carbocycles. The van der Waals surface area contributed by atoms with Crippen LogP contribution in [0.4, 0.5) is 81.2 Å². The van der Waals surface area contributed by atoms with Gasteiger partial charge in [-0.05, 0) is 89.6 Å². The zero-order valence-corrected chi connectivity index (χ0v) is 51.2. The number of aromatic nitrogens is 6. The Morgan fingerprint density at radius 1 is 0.351 bits per heavy atom. The van der Waals surface area contributed by atoms with Crippen molar-refractivity contribution in [2.75, 3.05) is 32.7 Å². The monoisotopic (exact) mass is 1400 g/mol. The maximum atomic E-state index is 12.8. The predicted octanol–water partition coefficient (Wildman–Crippen LogP) is 8.53. The largest absolute Gasteiger partial charge is 0.505 e. The van der Waals surface area contributed by atoms with Gasteiger partial charge in [-0.25, -0.2) is 0 Å². The van der Waals surface area contributed by atoms with E-state index in [1.807, 2.05) is 0 Å². The van der Waals surface area contributed by atoms with Crippen molar-refractivity contribution < 1.29 is 88.0 Å². The molecule has 16 N–H and O–H groups in total. The third-order valence-electron chi connectivity index (χ3n) is 13.4. The molecule has 482 valence electrons. The minimum atomic E-state index is -5.30. The molecule has 2 heterocycles. The van der Waals surface area contributed by atoms with Crippen molar-refractivity contribution in [1.29, 1.82) is 0 Å². The van der Waals surface area contributed by atoms with Crippen LogP contribution in [0.1, 0.15) is 0 Å². The number of rotatable bonds is 18. The number of phenols is 2. The lowest BCUT2D eigenvalue weighted by Crippen LogP contribution is -2.08. The summed E-state index contributed by atoms with van der Waals surface area (Å²) in [6.07, 6.45) is 0. The lowest BCUT2D eigenvalue weighted by Gasteiger charge is -2.14. The van der Waals surface area contributed by atoms with Crippen LogP contribution >= 0.6 is 0 Å². The van der Waals surface area contributed by atoms with E-state index in [9.17, 15) is 88.0 Å². The van der Waals surface area contributed by atoms with Crippen LogP contribution < -0.4 is 32.7 Å². The molecule has 0 aliphatic rings. The Bertz CT molecular complexity index is 5880. The highest BCUT2D eigenvalue weighted by Crippen LogP contribution is 2.47. The maximum absolute atomic E-state index is 12.8. The number of hydrogen-bond donors (Lipinski definition) is 14. The van der Waals surface area contributed by atoms with Crippen molar-refractivity contribution in [2.24, 2.45) is 20.5 Å². The van der Waals surface area contributed by atoms with Crippen molar-refractivity contribution in [2.45, 2.75) is 29.4 Å². The summed E-state index contributed by atoms with van der Waals surface area (Å²) in [5.41, 5.74) is 9.85. The van der Waals surface area contributed by atoms with E-state index in [-0.39, 0.29) is 84.5 Å². The Morgan fingerprint density at radius 2 is 0.766 bits per heavy atom. The molecule has 0 spiro atoms. The Balaban J connectivity index is 0.848. The highest BCUT2D eigenvalue weighted by atomic mass is 32.2. The molecule has 11 rings (SSSR count). The van der Waals surface area contributed by atoms with Gasteiger partial charge in [-0.1, -0.05) is 54.6 Å². The summed E-state index contributed by atoms with van der Waals surface area (Å²) in [6, 6.07) is 25.6. The number of nitrogen functional groups attached to an aromatic ring is 2. The summed E-state index contributed by atoms with van der Waals surface area (Å²) >= 11 is 0. The van der Waals surface area contributed by atoms with Crippen molar-refractivity contribution in [3.63, 3.8) is 0 Å². The molecule has 0 radical (unpaired) electrons. The average molecular weight is 1400 g/mol. The quantitative estimate of drug-likeness (QED) is 0.0282. The Kier molecular flexibility index (Phi) is 16.3. The normalized spacial score (nSPS) is 12.7. The Morgan fingerprint density at radius 3 is 1.23 bits per heavy atom. The van der Waals surface area contributed by atoms with Gasteiger partial charge in [0.2, 0.25) is 35.7 Å². The highest BCUT2D eigenvalue weighted by molar-refractivity contribution is 7.87. The fourth-order valence-corrected chi connectivity index (χ4v) is 13.9. The van der Waals surface area contributed by atoms with E-state index in [1.165, 1.54) is 48.5 Å². The smallest absolute Gasteiger partial charge is 0.297 e. The number of fused-ring (bicyclic) bond motifs is 4. The molecule has 9 aromatic carbocycles. The number of nitrogens with zero attached hydrogens (tertiary/aromatic N) is 10. The lowest BCUT2D eigenvalue weighted by atomic mass is 10.1. The van der Waals surface area contributed by atoms with E-state index in [4.69, 9.17) is 11.5 Å². The van der Waals surface area contributed by atoms with Crippen LogP contribution in [0.5, 0.6) is 11.5 Å². The summed E-state index contributed by atoms with van der Waals surface area (Å²) in [6.45, 7) is 0. The van der Waals surface area contributed by atoms with Crippen LogP contribution in [0.3, 0.4) is 0 Å². The van der Waals surface area contributed by atoms with Crippen molar-refractivity contribution in [1.82, 2.24) is 29.9 Å². The molecule has 11 aromatic rings. The third kappa shape index (κ3) is 13.3. The van der Waals surface area contributed by atoms with Gasteiger partial charge in [0.25, 0.3) is 60.7 Å². The molecule has 0 aliphatic heterocycles. The molecule has 0 unspecified atom stereocenters. The second-order valence-electron chi connectivity index (χ2n) is 19.5. The van der Waals surface area contributed by atoms with Gasteiger partial charge in [-0.2, -0.15) is 80.4 Å². The van der Waals surface area contributed by atoms with Gasteiger partial charge in [0.05, 0.1) is 16.3 Å². The van der Waals surface area contributed by atoms with Gasteiger partial charge >= 0.3 is 0 Å². The van der Waals surface area contributed by atoms with Gasteiger partial charge in [0.15, 0.2) is 11.5 Å². The number of benzene rings is 9. The first-order chi connectivity index (χ1) is 44.0. The van der Waals surface area contributed by atoms with Crippen LogP contribution in [0.25, 0.3) is 43.1 Å². The van der Waals surface area contributed by atoms with Gasteiger partial charge in [-0.15, -0.1) is 20.5 Å². The molecule has 0 amide bonds. The van der Waals surface area contributed by atoms with Gasteiger partial charge in [0.1, 0.15) is 47.2 Å². The first-order valence-corrected chi connectivity index (χ1v) is 34.2. The minimum absolute atomic E-state index is 0.0358. The predicted molar refractivity (Wildman–Crippen MR) is 334 cm³/mol. The third-order valence-corrected chi connectivity index (χ3v) is 18.8. The average Bonchev–Trinajstić information content (AvgIpc) is 0.772. The second kappa shape index (κ2) is 23.7. The van der Waals surface area contributed by atoms with Crippen LogP contribution in [-0.4, -0.2) is 118 Å². The number of nitrogens with two attached hydrogens (primary N) is 2. The van der Waals surface area contributed by atoms with E-state index in [0.717, 1.165) is 84.9 Å². The number of azo groups is 2. The lowest BCUT2D eigenvalue weighted by molar-refractivity contribution is 0.472. The molecular weight excluding hydrogens is 1360 g/mol. The minimum Gasteiger partial charge on any atom is -0.505 e. The van der Waals surface area contributed by atoms with Crippen molar-refractivity contribution in [3.05, 3.63) is 133 Å². The Hall–Kier alpha value is -10.9. The molecule has 36 nitrogen and oxygen atoms in total. The van der Waals surface area contributed by atoms with Crippen molar-refractivity contribution >= 4 is 185 Å². The van der Waals surface area contributed by atoms with E-state index in [1.54, 1.807) is 0 Å². The molecule has 0 bridgehead atoms. The molecular formula is C52H38N16O20S6. The molecule has 94 heavy (non-hydrogen) atoms. The SMILES string of the molecule is Nc1nc(Nc2ccc(Nc3nc(N)nc(Nc4cccc5cc(S(=O)(=O)O)c(N=Nc6ccc7c(S(=O)(=O)O)cccc7c6S(=O)(=O)O)c(O)c45)n3)cc2)nc(Nc2cc(S(=O)(=O)O)cc3ccc(N=Nc4ccc5c(S(=O)(=O)O)cccc5c4S(=O)(=O)O)c(O)c23)n1. The molecule has 2 aromatic heterocycles. The van der Waals surface area contributed by atoms with Crippen LogP contribution in [0.15, 0.2) is 183 Å². The maximum Gasteiger partial charge on any atom is 0.297 e. The van der Waals surface area contributed by atoms with E-state index in [0.29, 0.717) is 11.4 Å². The summed E-state index contributed by atoms with van der Waals surface area (Å²) in [5, 5.41) is 48.2. The van der Waals surface area contributed by atoms with Crippen LogP contribution in [0.2, 0.25) is 0 Å². The molecule has 0 saturated heterocycles. The van der Waals surface area contributed by atoms with E-state index in [2.05, 4.69) is 71.6 Å². The van der Waals surface area contributed by atoms with Crippen LogP contribution in [0, 0.1) is 0 Å². The number of aromatic hydroxyl groups is 2. The Labute approximate surface area is 527 Å². The first kappa shape index (κ1) is 64.6. The summed E-state index contributed by atoms with van der Waals surface area (Å²) in [7, 11) is -30.5. The standard InChI is InChI=1S/C52H38N16O20S6/c53-47-59-49(63-51(61-47)57-32-7-1-4-23-21-39(92(80,81)82)42(44(70)40(23)32)68-67-35-19-16-29-31(46(35)94(86,87)88)6-3-9-38(29)91(77,78)79)55-25-11-13-26(14-12-25)56-50-60-48(54)62-52(64-50)58-36-22-27(89(71,72)73)20-24-10-17-33(43(69)41(24)36)65-66-34-18-15-28-30(45(34)93(83,84)85)5-2-8-37(28)90(74,75)76/h1-22,69-70H,(H,71,72,73)(H,74,75,76)(H,77,78,79)(H,80,81,82)(H,83,84,85)(H,86,87,88)(H4,53,55,57,59,61,63)(H4,54,56,58,60,62,64). The van der Waals surface area contributed by atoms with Gasteiger partial charge in [0, 0.05) is 43.7 Å². The molecule has 42 heteroatoms. The van der Waals surface area contributed by atoms with Crippen LogP contribution in [-0.2, 0) is 60.7 Å². The summed E-state index contributed by atoms with van der Waals surface area (Å²) in [5.74, 6) is -3.46. The number of nitrogens with one attached hydrogen (secondary N) is 4. The number of phenolic OH excluding ortho intramolecular Hbond substituents is 2. The van der Waals surface area contributed by atoms with E-state index < -0.39 is 130 Å². The zero-order chi connectivity index (χ0) is 67.8. The summed E-state index contributed by atoms with van der Waals surface area (Å²) < 4.78 is 210. The summed E-state index contributed by atoms with van der Waals surface area (Å²) in [4.78, 5) is 19.9. The molecule has 0 fully saturated rings. The van der Waals surface area contributed by atoms with Gasteiger partial charge in [-0.3, -0.25) is 27.3 Å². The zero-order valence-electron chi connectivity index (χ0n) is 46.3.